The smallest absolute Gasteiger partial charge is 0.273 e. The highest BCUT2D eigenvalue weighted by Crippen LogP contribution is 2.19. The standard InChI is InChI=1S/C13H17ClN2O3/c1-8-4-5-11(7-12(8)16(18)19)13(17)15-10(3)6-9(2)14/h4-5,7,9-10H,6H2,1-3H3,(H,15,17). The molecule has 0 aliphatic rings. The van der Waals surface area contributed by atoms with Gasteiger partial charge in [-0.25, -0.2) is 0 Å². The van der Waals surface area contributed by atoms with Crippen molar-refractivity contribution in [3.05, 3.63) is 39.4 Å². The monoisotopic (exact) mass is 284 g/mol. The van der Waals surface area contributed by atoms with Crippen molar-refractivity contribution >= 4 is 23.2 Å². The molecule has 1 amide bonds. The van der Waals surface area contributed by atoms with Crippen LogP contribution in [0, 0.1) is 17.0 Å². The van der Waals surface area contributed by atoms with Gasteiger partial charge in [-0.1, -0.05) is 6.07 Å². The fourth-order valence-corrected chi connectivity index (χ4v) is 2.07. The number of rotatable bonds is 5. The molecule has 1 aromatic rings. The fraction of sp³-hybridized carbons (Fsp3) is 0.462. The van der Waals surface area contributed by atoms with Gasteiger partial charge in [-0.15, -0.1) is 11.6 Å². The second-order valence-electron chi connectivity index (χ2n) is 4.65. The lowest BCUT2D eigenvalue weighted by atomic mass is 10.1. The van der Waals surface area contributed by atoms with Gasteiger partial charge < -0.3 is 5.32 Å². The minimum absolute atomic E-state index is 0.0392. The number of carbonyl (C=O) groups is 1. The van der Waals surface area contributed by atoms with Crippen LogP contribution in [-0.4, -0.2) is 22.2 Å². The van der Waals surface area contributed by atoms with Crippen LogP contribution in [0.4, 0.5) is 5.69 Å². The zero-order chi connectivity index (χ0) is 14.6. The maximum absolute atomic E-state index is 11.9. The number of benzene rings is 1. The third kappa shape index (κ3) is 4.52. The van der Waals surface area contributed by atoms with Crippen molar-refractivity contribution < 1.29 is 9.72 Å². The summed E-state index contributed by atoms with van der Waals surface area (Å²) in [6.07, 6.45) is 0.640. The highest BCUT2D eigenvalue weighted by atomic mass is 35.5. The van der Waals surface area contributed by atoms with Crippen molar-refractivity contribution in [3.8, 4) is 0 Å². The molecule has 1 aromatic carbocycles. The average Bonchev–Trinajstić information content (AvgIpc) is 2.27. The number of amides is 1. The Balaban J connectivity index is 2.83. The van der Waals surface area contributed by atoms with Gasteiger partial charge in [-0.2, -0.15) is 0 Å². The molecule has 0 fully saturated rings. The van der Waals surface area contributed by atoms with E-state index in [2.05, 4.69) is 5.32 Å². The van der Waals surface area contributed by atoms with Gasteiger partial charge in [-0.3, -0.25) is 14.9 Å². The highest BCUT2D eigenvalue weighted by molar-refractivity contribution is 6.20. The molecule has 0 saturated carbocycles. The Kier molecular flexibility index (Phi) is 5.30. The number of hydrogen-bond donors (Lipinski definition) is 1. The van der Waals surface area contributed by atoms with E-state index >= 15 is 0 Å². The zero-order valence-corrected chi connectivity index (χ0v) is 11.9. The summed E-state index contributed by atoms with van der Waals surface area (Å²) in [5.41, 5.74) is 0.765. The van der Waals surface area contributed by atoms with Crippen LogP contribution in [0.3, 0.4) is 0 Å². The second kappa shape index (κ2) is 6.52. The van der Waals surface area contributed by atoms with Crippen LogP contribution in [0.15, 0.2) is 18.2 Å². The molecule has 0 saturated heterocycles. The number of nitro groups is 1. The molecule has 0 bridgehead atoms. The Morgan fingerprint density at radius 1 is 1.47 bits per heavy atom. The van der Waals surface area contributed by atoms with Crippen molar-refractivity contribution in [1.82, 2.24) is 5.32 Å². The van der Waals surface area contributed by atoms with E-state index in [0.717, 1.165) is 0 Å². The molecule has 2 unspecified atom stereocenters. The van der Waals surface area contributed by atoms with Crippen molar-refractivity contribution in [2.24, 2.45) is 0 Å². The average molecular weight is 285 g/mol. The predicted molar refractivity (Wildman–Crippen MR) is 74.7 cm³/mol. The van der Waals surface area contributed by atoms with Gasteiger partial charge >= 0.3 is 0 Å². The Morgan fingerprint density at radius 2 is 2.11 bits per heavy atom. The number of nitrogens with zero attached hydrogens (tertiary/aromatic N) is 1. The van der Waals surface area contributed by atoms with E-state index in [1.165, 1.54) is 6.07 Å². The lowest BCUT2D eigenvalue weighted by Gasteiger charge is -2.15. The summed E-state index contributed by atoms with van der Waals surface area (Å²) >= 11 is 5.85. The van der Waals surface area contributed by atoms with E-state index in [0.29, 0.717) is 12.0 Å². The first-order valence-electron chi connectivity index (χ1n) is 6.01. The van der Waals surface area contributed by atoms with Crippen molar-refractivity contribution in [1.29, 1.82) is 0 Å². The SMILES string of the molecule is Cc1ccc(C(=O)NC(C)CC(C)Cl)cc1[N+](=O)[O-]. The number of alkyl halides is 1. The number of nitrogens with one attached hydrogen (secondary N) is 1. The number of halogens is 1. The topological polar surface area (TPSA) is 72.2 Å². The molecule has 0 aromatic heterocycles. The number of hydrogen-bond acceptors (Lipinski definition) is 3. The summed E-state index contributed by atoms with van der Waals surface area (Å²) in [4.78, 5) is 22.3. The summed E-state index contributed by atoms with van der Waals surface area (Å²) in [6, 6.07) is 4.36. The molecule has 0 spiro atoms. The molecule has 6 heteroatoms. The largest absolute Gasteiger partial charge is 0.350 e. The molecule has 2 atom stereocenters. The molecule has 0 aliphatic carbocycles. The van der Waals surface area contributed by atoms with Crippen LogP contribution in [-0.2, 0) is 0 Å². The minimum Gasteiger partial charge on any atom is -0.350 e. The second-order valence-corrected chi connectivity index (χ2v) is 5.39. The number of nitro benzene ring substituents is 1. The molecule has 0 heterocycles. The predicted octanol–water partition coefficient (Wildman–Crippen LogP) is 3.04. The van der Waals surface area contributed by atoms with Gasteiger partial charge in [0.1, 0.15) is 0 Å². The Labute approximate surface area is 117 Å². The van der Waals surface area contributed by atoms with Crippen LogP contribution < -0.4 is 5.32 Å². The summed E-state index contributed by atoms with van der Waals surface area (Å²) < 4.78 is 0. The fourth-order valence-electron chi connectivity index (χ4n) is 1.80. The summed E-state index contributed by atoms with van der Waals surface area (Å²) in [7, 11) is 0. The number of aryl methyl sites for hydroxylation is 1. The van der Waals surface area contributed by atoms with E-state index < -0.39 is 4.92 Å². The van der Waals surface area contributed by atoms with Crippen LogP contribution in [0.1, 0.15) is 36.2 Å². The maximum atomic E-state index is 11.9. The van der Waals surface area contributed by atoms with Crippen LogP contribution in [0.25, 0.3) is 0 Å². The Bertz CT molecular complexity index is 489. The summed E-state index contributed by atoms with van der Waals surface area (Å²) in [5.74, 6) is -0.326. The van der Waals surface area contributed by atoms with Crippen LogP contribution >= 0.6 is 11.6 Å². The van der Waals surface area contributed by atoms with Gasteiger partial charge in [0, 0.05) is 28.6 Å². The maximum Gasteiger partial charge on any atom is 0.273 e. The van der Waals surface area contributed by atoms with Gasteiger partial charge in [0.05, 0.1) is 4.92 Å². The van der Waals surface area contributed by atoms with Gasteiger partial charge in [-0.05, 0) is 33.3 Å². The summed E-state index contributed by atoms with van der Waals surface area (Å²) in [6.45, 7) is 5.33. The molecule has 1 N–H and O–H groups in total. The molecule has 5 nitrogen and oxygen atoms in total. The molecule has 1 rings (SSSR count). The van der Waals surface area contributed by atoms with E-state index in [9.17, 15) is 14.9 Å². The van der Waals surface area contributed by atoms with E-state index in [1.807, 2.05) is 13.8 Å². The highest BCUT2D eigenvalue weighted by Gasteiger charge is 2.16. The molecular formula is C13H17ClN2O3. The van der Waals surface area contributed by atoms with Crippen molar-refractivity contribution in [3.63, 3.8) is 0 Å². The van der Waals surface area contributed by atoms with E-state index in [1.54, 1.807) is 19.1 Å². The number of carbonyl (C=O) groups excluding carboxylic acids is 1. The zero-order valence-electron chi connectivity index (χ0n) is 11.1. The first-order valence-corrected chi connectivity index (χ1v) is 6.45. The van der Waals surface area contributed by atoms with Crippen LogP contribution in [0.2, 0.25) is 0 Å². The van der Waals surface area contributed by atoms with Crippen molar-refractivity contribution in [2.45, 2.75) is 38.6 Å². The van der Waals surface area contributed by atoms with Gasteiger partial charge in [0.15, 0.2) is 0 Å². The first kappa shape index (κ1) is 15.4. The molecule has 0 aliphatic heterocycles. The van der Waals surface area contributed by atoms with Gasteiger partial charge in [0.25, 0.3) is 11.6 Å². The molecule has 19 heavy (non-hydrogen) atoms. The lowest BCUT2D eigenvalue weighted by Crippen LogP contribution is -2.33. The normalized spacial score (nSPS) is 13.7. The third-order valence-electron chi connectivity index (χ3n) is 2.72. The third-order valence-corrected chi connectivity index (χ3v) is 2.90. The van der Waals surface area contributed by atoms with E-state index in [-0.39, 0.29) is 28.6 Å². The molecule has 104 valence electrons. The van der Waals surface area contributed by atoms with E-state index in [4.69, 9.17) is 11.6 Å². The lowest BCUT2D eigenvalue weighted by molar-refractivity contribution is -0.385. The molecular weight excluding hydrogens is 268 g/mol. The summed E-state index contributed by atoms with van der Waals surface area (Å²) in [5, 5.41) is 13.5. The van der Waals surface area contributed by atoms with Crippen molar-refractivity contribution in [2.75, 3.05) is 0 Å². The first-order chi connectivity index (χ1) is 8.81. The molecule has 0 radical (unpaired) electrons. The van der Waals surface area contributed by atoms with Gasteiger partial charge in [0.2, 0.25) is 0 Å². The quantitative estimate of drug-likeness (QED) is 0.513. The minimum atomic E-state index is -0.490. The van der Waals surface area contributed by atoms with Crippen LogP contribution in [0.5, 0.6) is 0 Å². The Hall–Kier alpha value is -1.62. The Morgan fingerprint density at radius 3 is 2.63 bits per heavy atom.